The van der Waals surface area contributed by atoms with Crippen LogP contribution < -0.4 is 15.4 Å². The number of nitrogens with zero attached hydrogens (tertiary/aromatic N) is 1. The Morgan fingerprint density at radius 2 is 2.05 bits per heavy atom. The summed E-state index contributed by atoms with van der Waals surface area (Å²) in [5.74, 6) is 1.000. The third-order valence-electron chi connectivity index (χ3n) is 3.76. The highest BCUT2D eigenvalue weighted by molar-refractivity contribution is 5.51. The SMILES string of the molecule is CC(C)CCOc1ccc(N2CCC(N)CC2)c(F)c1. The highest BCUT2D eigenvalue weighted by Crippen LogP contribution is 2.26. The molecule has 1 saturated heterocycles. The lowest BCUT2D eigenvalue weighted by molar-refractivity contribution is 0.288. The van der Waals surface area contributed by atoms with Crippen molar-refractivity contribution >= 4 is 5.69 Å². The topological polar surface area (TPSA) is 38.5 Å². The highest BCUT2D eigenvalue weighted by atomic mass is 19.1. The first-order valence-electron chi connectivity index (χ1n) is 7.49. The summed E-state index contributed by atoms with van der Waals surface area (Å²) in [4.78, 5) is 2.07. The van der Waals surface area contributed by atoms with Gasteiger partial charge in [0.25, 0.3) is 0 Å². The first kappa shape index (κ1) is 15.1. The summed E-state index contributed by atoms with van der Waals surface area (Å²) in [6, 6.07) is 5.42. The van der Waals surface area contributed by atoms with Crippen LogP contribution in [0.2, 0.25) is 0 Å². The minimum Gasteiger partial charge on any atom is -0.493 e. The molecule has 1 fully saturated rings. The monoisotopic (exact) mass is 280 g/mol. The smallest absolute Gasteiger partial charge is 0.150 e. The molecule has 0 amide bonds. The largest absolute Gasteiger partial charge is 0.493 e. The average molecular weight is 280 g/mol. The summed E-state index contributed by atoms with van der Waals surface area (Å²) in [7, 11) is 0. The molecule has 0 radical (unpaired) electrons. The molecule has 0 aliphatic carbocycles. The van der Waals surface area contributed by atoms with Crippen molar-refractivity contribution in [1.82, 2.24) is 0 Å². The van der Waals surface area contributed by atoms with Crippen molar-refractivity contribution < 1.29 is 9.13 Å². The van der Waals surface area contributed by atoms with Gasteiger partial charge in [-0.1, -0.05) is 13.8 Å². The Morgan fingerprint density at radius 3 is 2.65 bits per heavy atom. The standard InChI is InChI=1S/C16H25FN2O/c1-12(2)7-10-20-14-3-4-16(15(17)11-14)19-8-5-13(18)6-9-19/h3-4,11-13H,5-10,18H2,1-2H3. The zero-order valence-corrected chi connectivity index (χ0v) is 12.4. The molecule has 1 aliphatic rings. The molecule has 1 aromatic rings. The second-order valence-corrected chi connectivity index (χ2v) is 5.97. The number of halogens is 1. The molecule has 20 heavy (non-hydrogen) atoms. The molecule has 0 unspecified atom stereocenters. The molecule has 0 atom stereocenters. The fourth-order valence-electron chi connectivity index (χ4n) is 2.39. The molecule has 0 spiro atoms. The van der Waals surface area contributed by atoms with E-state index in [0.717, 1.165) is 32.4 Å². The van der Waals surface area contributed by atoms with Crippen molar-refractivity contribution in [3.63, 3.8) is 0 Å². The van der Waals surface area contributed by atoms with Crippen LogP contribution in [0, 0.1) is 11.7 Å². The van der Waals surface area contributed by atoms with Crippen LogP contribution in [0.4, 0.5) is 10.1 Å². The number of hydrogen-bond donors (Lipinski definition) is 1. The summed E-state index contributed by atoms with van der Waals surface area (Å²) >= 11 is 0. The minimum absolute atomic E-state index is 0.206. The van der Waals surface area contributed by atoms with Gasteiger partial charge in [-0.15, -0.1) is 0 Å². The van der Waals surface area contributed by atoms with Crippen molar-refractivity contribution in [2.75, 3.05) is 24.6 Å². The molecule has 1 aliphatic heterocycles. The first-order valence-corrected chi connectivity index (χ1v) is 7.49. The van der Waals surface area contributed by atoms with E-state index in [2.05, 4.69) is 18.7 Å². The third kappa shape index (κ3) is 4.10. The zero-order valence-electron chi connectivity index (χ0n) is 12.4. The second kappa shape index (κ2) is 6.93. The molecule has 2 rings (SSSR count). The minimum atomic E-state index is -0.206. The van der Waals surface area contributed by atoms with Crippen LogP contribution in [-0.2, 0) is 0 Å². The zero-order chi connectivity index (χ0) is 14.5. The van der Waals surface area contributed by atoms with Gasteiger partial charge in [0, 0.05) is 25.2 Å². The van der Waals surface area contributed by atoms with Gasteiger partial charge >= 0.3 is 0 Å². The predicted octanol–water partition coefficient (Wildman–Crippen LogP) is 3.18. The van der Waals surface area contributed by atoms with Gasteiger partial charge in [0.1, 0.15) is 11.6 Å². The van der Waals surface area contributed by atoms with Crippen LogP contribution in [0.3, 0.4) is 0 Å². The first-order chi connectivity index (χ1) is 9.56. The van der Waals surface area contributed by atoms with Gasteiger partial charge in [0.05, 0.1) is 12.3 Å². The van der Waals surface area contributed by atoms with Crippen LogP contribution in [0.15, 0.2) is 18.2 Å². The Labute approximate surface area is 120 Å². The summed E-state index contributed by atoms with van der Waals surface area (Å²) in [6.45, 7) is 6.58. The molecular weight excluding hydrogens is 255 g/mol. The molecule has 112 valence electrons. The van der Waals surface area contributed by atoms with Gasteiger partial charge in [-0.2, -0.15) is 0 Å². The van der Waals surface area contributed by atoms with Crippen molar-refractivity contribution in [3.8, 4) is 5.75 Å². The van der Waals surface area contributed by atoms with E-state index in [1.165, 1.54) is 6.07 Å². The van der Waals surface area contributed by atoms with Crippen molar-refractivity contribution in [3.05, 3.63) is 24.0 Å². The molecule has 4 heteroatoms. The summed E-state index contributed by atoms with van der Waals surface area (Å²) in [5, 5.41) is 0. The Bertz CT molecular complexity index is 428. The second-order valence-electron chi connectivity index (χ2n) is 5.97. The summed E-state index contributed by atoms with van der Waals surface area (Å²) < 4.78 is 19.7. The van der Waals surface area contributed by atoms with E-state index < -0.39 is 0 Å². The lowest BCUT2D eigenvalue weighted by Gasteiger charge is -2.32. The van der Waals surface area contributed by atoms with Crippen molar-refractivity contribution in [2.24, 2.45) is 11.7 Å². The van der Waals surface area contributed by atoms with Gasteiger partial charge in [-0.3, -0.25) is 0 Å². The van der Waals surface area contributed by atoms with Crippen LogP contribution in [-0.4, -0.2) is 25.7 Å². The fourth-order valence-corrected chi connectivity index (χ4v) is 2.39. The number of hydrogen-bond acceptors (Lipinski definition) is 3. The summed E-state index contributed by atoms with van der Waals surface area (Å²) in [6.07, 6.45) is 2.82. The van der Waals surface area contributed by atoms with E-state index in [0.29, 0.717) is 24.0 Å². The lowest BCUT2D eigenvalue weighted by atomic mass is 10.1. The van der Waals surface area contributed by atoms with Crippen LogP contribution in [0.5, 0.6) is 5.75 Å². The quantitative estimate of drug-likeness (QED) is 0.900. The Hall–Kier alpha value is -1.29. The van der Waals surface area contributed by atoms with E-state index in [1.54, 1.807) is 0 Å². The van der Waals surface area contributed by atoms with Crippen molar-refractivity contribution in [2.45, 2.75) is 39.2 Å². The molecular formula is C16H25FN2O. The molecule has 1 aromatic carbocycles. The number of ether oxygens (including phenoxy) is 1. The normalized spacial score (nSPS) is 16.8. The van der Waals surface area contributed by atoms with Gasteiger partial charge < -0.3 is 15.4 Å². The molecule has 2 N–H and O–H groups in total. The molecule has 1 heterocycles. The fraction of sp³-hybridized carbons (Fsp3) is 0.625. The number of piperidine rings is 1. The predicted molar refractivity (Wildman–Crippen MR) is 80.8 cm³/mol. The summed E-state index contributed by atoms with van der Waals surface area (Å²) in [5.41, 5.74) is 6.54. The van der Waals surface area contributed by atoms with Crippen LogP contribution in [0.1, 0.15) is 33.1 Å². The number of anilines is 1. The maximum atomic E-state index is 14.2. The van der Waals surface area contributed by atoms with Gasteiger partial charge in [0.15, 0.2) is 0 Å². The third-order valence-corrected chi connectivity index (χ3v) is 3.76. The van der Waals surface area contributed by atoms with E-state index in [-0.39, 0.29) is 11.9 Å². The van der Waals surface area contributed by atoms with Crippen LogP contribution in [0.25, 0.3) is 0 Å². The van der Waals surface area contributed by atoms with Crippen molar-refractivity contribution in [1.29, 1.82) is 0 Å². The van der Waals surface area contributed by atoms with Gasteiger partial charge in [-0.05, 0) is 37.3 Å². The van der Waals surface area contributed by atoms with Gasteiger partial charge in [0.2, 0.25) is 0 Å². The number of nitrogens with two attached hydrogens (primary N) is 1. The Balaban J connectivity index is 1.95. The maximum Gasteiger partial charge on any atom is 0.150 e. The number of rotatable bonds is 5. The molecule has 0 bridgehead atoms. The molecule has 0 aromatic heterocycles. The van der Waals surface area contributed by atoms with E-state index >= 15 is 0 Å². The van der Waals surface area contributed by atoms with E-state index in [9.17, 15) is 4.39 Å². The van der Waals surface area contributed by atoms with E-state index in [4.69, 9.17) is 10.5 Å². The Kier molecular flexibility index (Phi) is 5.24. The van der Waals surface area contributed by atoms with Crippen LogP contribution >= 0.6 is 0 Å². The maximum absolute atomic E-state index is 14.2. The molecule has 0 saturated carbocycles. The number of benzene rings is 1. The average Bonchev–Trinajstić information content (AvgIpc) is 2.40. The van der Waals surface area contributed by atoms with Gasteiger partial charge in [-0.25, -0.2) is 4.39 Å². The highest BCUT2D eigenvalue weighted by Gasteiger charge is 2.19. The lowest BCUT2D eigenvalue weighted by Crippen LogP contribution is -2.40. The Morgan fingerprint density at radius 1 is 1.35 bits per heavy atom. The van der Waals surface area contributed by atoms with E-state index in [1.807, 2.05) is 12.1 Å². The molecule has 3 nitrogen and oxygen atoms in total.